The van der Waals surface area contributed by atoms with E-state index in [2.05, 4.69) is 4.98 Å². The molecule has 1 amide bonds. The molecule has 0 saturated heterocycles. The number of aromatic nitrogens is 1. The Hall–Kier alpha value is -2.40. The number of anilines is 1. The summed E-state index contributed by atoms with van der Waals surface area (Å²) in [5.74, 6) is 0.695. The van der Waals surface area contributed by atoms with E-state index in [1.807, 2.05) is 56.3 Å². The summed E-state index contributed by atoms with van der Waals surface area (Å²) in [6.07, 6.45) is 2.20. The number of amides is 1. The minimum absolute atomic E-state index is 0.0506. The molecule has 1 aromatic carbocycles. The van der Waals surface area contributed by atoms with E-state index in [0.29, 0.717) is 18.5 Å². The van der Waals surface area contributed by atoms with E-state index in [1.165, 1.54) is 0 Å². The van der Waals surface area contributed by atoms with E-state index in [0.717, 1.165) is 11.4 Å². The average molecular weight is 327 g/mol. The Morgan fingerprint density at radius 3 is 2.54 bits per heavy atom. The minimum atomic E-state index is -0.0568. The second-order valence-electron chi connectivity index (χ2n) is 6.08. The zero-order valence-electron chi connectivity index (χ0n) is 14.5. The van der Waals surface area contributed by atoms with Crippen molar-refractivity contribution in [2.24, 2.45) is 0 Å². The first-order valence-electron chi connectivity index (χ1n) is 8.12. The minimum Gasteiger partial charge on any atom is -0.396 e. The number of carbonyl (C=O) groups excluding carboxylic acids is 1. The highest BCUT2D eigenvalue weighted by Gasteiger charge is 2.22. The lowest BCUT2D eigenvalue weighted by atomic mass is 10.1. The van der Waals surface area contributed by atoms with Gasteiger partial charge in [0.15, 0.2) is 0 Å². The van der Waals surface area contributed by atoms with Crippen molar-refractivity contribution in [2.75, 3.05) is 25.6 Å². The molecule has 1 atom stereocenters. The van der Waals surface area contributed by atoms with Crippen LogP contribution in [-0.4, -0.2) is 47.6 Å². The maximum Gasteiger partial charge on any atom is 0.254 e. The Morgan fingerprint density at radius 1 is 1.21 bits per heavy atom. The van der Waals surface area contributed by atoms with Crippen LogP contribution in [0.1, 0.15) is 29.3 Å². The van der Waals surface area contributed by atoms with Gasteiger partial charge in [0.2, 0.25) is 0 Å². The standard InChI is InChI=1S/C19H25N3O2/c1-15(10-12-23)22(14-16-7-5-4-6-8-16)19(24)17-9-11-20-18(13-17)21(2)3/h4-9,11,13,15,23H,10,12,14H2,1-3H3. The third-order valence-corrected chi connectivity index (χ3v) is 3.99. The van der Waals surface area contributed by atoms with Crippen LogP contribution in [0.4, 0.5) is 5.82 Å². The lowest BCUT2D eigenvalue weighted by molar-refractivity contribution is 0.0648. The Morgan fingerprint density at radius 2 is 1.92 bits per heavy atom. The van der Waals surface area contributed by atoms with Gasteiger partial charge in [-0.1, -0.05) is 30.3 Å². The van der Waals surface area contributed by atoms with Gasteiger partial charge in [0, 0.05) is 45.0 Å². The van der Waals surface area contributed by atoms with Crippen LogP contribution in [0.25, 0.3) is 0 Å². The fourth-order valence-electron chi connectivity index (χ4n) is 2.51. The molecule has 0 saturated carbocycles. The molecular weight excluding hydrogens is 302 g/mol. The topological polar surface area (TPSA) is 56.7 Å². The molecule has 0 aliphatic rings. The van der Waals surface area contributed by atoms with Gasteiger partial charge in [-0.2, -0.15) is 0 Å². The third-order valence-electron chi connectivity index (χ3n) is 3.99. The molecule has 0 bridgehead atoms. The molecule has 0 radical (unpaired) electrons. The molecule has 0 aliphatic heterocycles. The van der Waals surface area contributed by atoms with Crippen LogP contribution in [0.3, 0.4) is 0 Å². The Labute approximate surface area is 143 Å². The molecule has 2 aromatic rings. The number of pyridine rings is 1. The smallest absolute Gasteiger partial charge is 0.254 e. The summed E-state index contributed by atoms with van der Waals surface area (Å²) < 4.78 is 0. The van der Waals surface area contributed by atoms with E-state index in [-0.39, 0.29) is 18.6 Å². The first-order valence-corrected chi connectivity index (χ1v) is 8.12. The molecule has 0 aliphatic carbocycles. The fourth-order valence-corrected chi connectivity index (χ4v) is 2.51. The maximum absolute atomic E-state index is 13.0. The molecule has 5 heteroatoms. The monoisotopic (exact) mass is 327 g/mol. The number of hydrogen-bond donors (Lipinski definition) is 1. The lowest BCUT2D eigenvalue weighted by Gasteiger charge is -2.29. The molecule has 0 spiro atoms. The van der Waals surface area contributed by atoms with E-state index < -0.39 is 0 Å². The highest BCUT2D eigenvalue weighted by Crippen LogP contribution is 2.17. The molecule has 1 heterocycles. The van der Waals surface area contributed by atoms with Crippen LogP contribution >= 0.6 is 0 Å². The average Bonchev–Trinajstić information content (AvgIpc) is 2.60. The van der Waals surface area contributed by atoms with Crippen molar-refractivity contribution in [1.29, 1.82) is 0 Å². The summed E-state index contributed by atoms with van der Waals surface area (Å²) in [4.78, 5) is 21.0. The van der Waals surface area contributed by atoms with Crippen molar-refractivity contribution in [2.45, 2.75) is 25.9 Å². The maximum atomic E-state index is 13.0. The van der Waals surface area contributed by atoms with Crippen LogP contribution in [0, 0.1) is 0 Å². The van der Waals surface area contributed by atoms with Crippen LogP contribution in [0.5, 0.6) is 0 Å². The number of nitrogens with zero attached hydrogens (tertiary/aromatic N) is 3. The summed E-state index contributed by atoms with van der Waals surface area (Å²) in [6.45, 7) is 2.53. The Kier molecular flexibility index (Phi) is 6.32. The van der Waals surface area contributed by atoms with Crippen molar-refractivity contribution >= 4 is 11.7 Å². The van der Waals surface area contributed by atoms with Crippen LogP contribution in [-0.2, 0) is 6.54 Å². The highest BCUT2D eigenvalue weighted by atomic mass is 16.3. The zero-order chi connectivity index (χ0) is 17.5. The zero-order valence-corrected chi connectivity index (χ0v) is 14.5. The first-order chi connectivity index (χ1) is 11.5. The fraction of sp³-hybridized carbons (Fsp3) is 0.368. The molecule has 1 unspecified atom stereocenters. The van der Waals surface area contributed by atoms with Gasteiger partial charge in [-0.05, 0) is 31.0 Å². The first kappa shape index (κ1) is 17.9. The summed E-state index contributed by atoms with van der Waals surface area (Å²) >= 11 is 0. The second kappa shape index (κ2) is 8.45. The van der Waals surface area contributed by atoms with Crippen LogP contribution in [0.15, 0.2) is 48.7 Å². The van der Waals surface area contributed by atoms with Gasteiger partial charge >= 0.3 is 0 Å². The van der Waals surface area contributed by atoms with Crippen molar-refractivity contribution in [3.63, 3.8) is 0 Å². The van der Waals surface area contributed by atoms with Crippen molar-refractivity contribution < 1.29 is 9.90 Å². The van der Waals surface area contributed by atoms with E-state index in [9.17, 15) is 9.90 Å². The van der Waals surface area contributed by atoms with Gasteiger partial charge in [-0.25, -0.2) is 4.98 Å². The molecule has 1 aromatic heterocycles. The Balaban J connectivity index is 2.28. The molecule has 0 fully saturated rings. The van der Waals surface area contributed by atoms with E-state index in [4.69, 9.17) is 0 Å². The van der Waals surface area contributed by atoms with Crippen LogP contribution < -0.4 is 4.90 Å². The van der Waals surface area contributed by atoms with Gasteiger partial charge < -0.3 is 14.9 Å². The quantitative estimate of drug-likeness (QED) is 0.849. The molecule has 24 heavy (non-hydrogen) atoms. The number of aliphatic hydroxyl groups excluding tert-OH is 1. The van der Waals surface area contributed by atoms with Gasteiger partial charge in [-0.3, -0.25) is 4.79 Å². The summed E-state index contributed by atoms with van der Waals surface area (Å²) in [5.41, 5.74) is 1.67. The van der Waals surface area contributed by atoms with Gasteiger partial charge in [0.05, 0.1) is 0 Å². The van der Waals surface area contributed by atoms with E-state index >= 15 is 0 Å². The second-order valence-corrected chi connectivity index (χ2v) is 6.08. The molecule has 1 N–H and O–H groups in total. The molecule has 2 rings (SSSR count). The summed E-state index contributed by atoms with van der Waals surface area (Å²) in [7, 11) is 3.79. The van der Waals surface area contributed by atoms with Crippen molar-refractivity contribution in [1.82, 2.24) is 9.88 Å². The van der Waals surface area contributed by atoms with E-state index in [1.54, 1.807) is 23.2 Å². The molecule has 128 valence electrons. The summed E-state index contributed by atoms with van der Waals surface area (Å²) in [5, 5.41) is 9.27. The predicted molar refractivity (Wildman–Crippen MR) is 96.0 cm³/mol. The van der Waals surface area contributed by atoms with Gasteiger partial charge in [0.25, 0.3) is 5.91 Å². The SMILES string of the molecule is CC(CCO)N(Cc1ccccc1)C(=O)c1ccnc(N(C)C)c1. The predicted octanol–water partition coefficient (Wildman–Crippen LogP) is 2.56. The molecular formula is C19H25N3O2. The number of carbonyl (C=O) groups is 1. The summed E-state index contributed by atoms with van der Waals surface area (Å²) in [6, 6.07) is 13.4. The number of aliphatic hydroxyl groups is 1. The Bertz CT molecular complexity index is 659. The van der Waals surface area contributed by atoms with Gasteiger partial charge in [0.1, 0.15) is 5.82 Å². The highest BCUT2D eigenvalue weighted by molar-refractivity contribution is 5.95. The van der Waals surface area contributed by atoms with Crippen LogP contribution in [0.2, 0.25) is 0 Å². The van der Waals surface area contributed by atoms with Crippen molar-refractivity contribution in [3.05, 3.63) is 59.8 Å². The van der Waals surface area contributed by atoms with Crippen molar-refractivity contribution in [3.8, 4) is 0 Å². The largest absolute Gasteiger partial charge is 0.396 e. The molecule has 5 nitrogen and oxygen atoms in total. The third kappa shape index (κ3) is 4.55. The number of hydrogen-bond acceptors (Lipinski definition) is 4. The van der Waals surface area contributed by atoms with Gasteiger partial charge in [-0.15, -0.1) is 0 Å². The lowest BCUT2D eigenvalue weighted by Crippen LogP contribution is -2.38. The number of benzene rings is 1. The number of rotatable bonds is 7. The normalized spacial score (nSPS) is 11.8.